The maximum atomic E-state index is 12.8. The Hall–Kier alpha value is -1.25. The summed E-state index contributed by atoms with van der Waals surface area (Å²) in [5, 5.41) is 10.3. The Balaban J connectivity index is 0.00000196. The molecule has 0 radical (unpaired) electrons. The third-order valence-corrected chi connectivity index (χ3v) is 5.75. The number of likely N-dealkylation sites (N-methyl/N-ethyl adjacent to an activating group) is 1. The van der Waals surface area contributed by atoms with Crippen molar-refractivity contribution in [2.24, 2.45) is 7.05 Å². The second-order valence-corrected chi connectivity index (χ2v) is 7.86. The minimum Gasteiger partial charge on any atom is -0.324 e. The van der Waals surface area contributed by atoms with Crippen LogP contribution in [0.4, 0.5) is 5.69 Å². The summed E-state index contributed by atoms with van der Waals surface area (Å²) in [6.45, 7) is 5.28. The fourth-order valence-electron chi connectivity index (χ4n) is 3.23. The van der Waals surface area contributed by atoms with E-state index in [1.54, 1.807) is 17.9 Å². The highest BCUT2D eigenvalue weighted by molar-refractivity contribution is 7.99. The first-order valence-corrected chi connectivity index (χ1v) is 10.1. The molecule has 156 valence electrons. The summed E-state index contributed by atoms with van der Waals surface area (Å²) in [7, 11) is 3.63. The number of rotatable bonds is 6. The number of hydrogen-bond acceptors (Lipinski definition) is 5. The topological polar surface area (TPSA) is 62.2 Å². The molecular weight excluding hydrogens is 417 g/mol. The van der Waals surface area contributed by atoms with Gasteiger partial charge in [0.25, 0.3) is 0 Å². The van der Waals surface area contributed by atoms with Gasteiger partial charge >= 0.3 is 0 Å². The summed E-state index contributed by atoms with van der Waals surface area (Å²) in [6, 6.07) is 5.72. The normalized spacial score (nSPS) is 15.2. The quantitative estimate of drug-likeness (QED) is 0.715. The van der Waals surface area contributed by atoms with Crippen LogP contribution in [-0.4, -0.2) is 52.2 Å². The minimum absolute atomic E-state index is 0. The van der Waals surface area contributed by atoms with E-state index in [0.717, 1.165) is 36.4 Å². The molecule has 1 aliphatic heterocycles. The lowest BCUT2D eigenvalue weighted by Crippen LogP contribution is -2.32. The molecule has 1 aromatic carbocycles. The molecule has 1 atom stereocenters. The number of hydrogen-bond donors (Lipinski definition) is 2. The van der Waals surface area contributed by atoms with Crippen LogP contribution in [0.25, 0.3) is 0 Å². The molecule has 6 nitrogen and oxygen atoms in total. The number of benzene rings is 1. The van der Waals surface area contributed by atoms with Crippen LogP contribution in [0.3, 0.4) is 0 Å². The lowest BCUT2D eigenvalue weighted by molar-refractivity contribution is -0.118. The number of nitrogens with one attached hydrogen (secondary N) is 2. The molecule has 0 saturated carbocycles. The summed E-state index contributed by atoms with van der Waals surface area (Å²) in [6.07, 6.45) is 3.58. The van der Waals surface area contributed by atoms with Crippen LogP contribution >= 0.6 is 36.6 Å². The van der Waals surface area contributed by atoms with Crippen LogP contribution < -0.4 is 10.6 Å². The molecule has 2 heterocycles. The van der Waals surface area contributed by atoms with Crippen LogP contribution in [0.2, 0.25) is 0 Å². The predicted molar refractivity (Wildman–Crippen MR) is 122 cm³/mol. The third kappa shape index (κ3) is 6.12. The molecule has 1 unspecified atom stereocenters. The van der Waals surface area contributed by atoms with Crippen molar-refractivity contribution in [1.29, 1.82) is 0 Å². The van der Waals surface area contributed by atoms with Crippen molar-refractivity contribution in [3.8, 4) is 0 Å². The molecule has 28 heavy (non-hydrogen) atoms. The number of amides is 1. The van der Waals surface area contributed by atoms with E-state index in [1.165, 1.54) is 17.1 Å². The molecule has 9 heteroatoms. The Morgan fingerprint density at radius 1 is 1.29 bits per heavy atom. The number of carbonyl (C=O) groups excluding carboxylic acids is 1. The van der Waals surface area contributed by atoms with Crippen molar-refractivity contribution in [2.45, 2.75) is 19.5 Å². The molecule has 0 bridgehead atoms. The molecule has 3 rings (SSSR count). The van der Waals surface area contributed by atoms with Gasteiger partial charge in [0.05, 0.1) is 6.20 Å². The molecular formula is C19H29Cl2N5OS. The average Bonchev–Trinajstić information content (AvgIpc) is 3.06. The second kappa shape index (κ2) is 11.7. The molecule has 1 fully saturated rings. The lowest BCUT2D eigenvalue weighted by atomic mass is 10.0. The highest BCUT2D eigenvalue weighted by Crippen LogP contribution is 2.23. The first-order valence-electron chi connectivity index (χ1n) is 8.93. The minimum atomic E-state index is -0.425. The van der Waals surface area contributed by atoms with Crippen molar-refractivity contribution in [2.75, 3.05) is 37.0 Å². The number of anilines is 1. The van der Waals surface area contributed by atoms with Crippen LogP contribution in [0.15, 0.2) is 30.6 Å². The van der Waals surface area contributed by atoms with Gasteiger partial charge in [-0.15, -0.1) is 24.8 Å². The largest absolute Gasteiger partial charge is 0.324 e. The van der Waals surface area contributed by atoms with Crippen LogP contribution in [0, 0.1) is 6.92 Å². The Labute approximate surface area is 183 Å². The van der Waals surface area contributed by atoms with Gasteiger partial charge in [-0.2, -0.15) is 16.9 Å². The number of thioether (sulfide) groups is 1. The molecule has 1 aliphatic rings. The molecule has 2 aromatic rings. The average molecular weight is 446 g/mol. The van der Waals surface area contributed by atoms with Crippen molar-refractivity contribution < 1.29 is 4.79 Å². The van der Waals surface area contributed by atoms with Gasteiger partial charge in [-0.25, -0.2) is 0 Å². The predicted octanol–water partition coefficient (Wildman–Crippen LogP) is 3.02. The van der Waals surface area contributed by atoms with Crippen molar-refractivity contribution >= 4 is 48.2 Å². The fraction of sp³-hybridized carbons (Fsp3) is 0.474. The maximum absolute atomic E-state index is 12.8. The van der Waals surface area contributed by atoms with E-state index in [-0.39, 0.29) is 30.7 Å². The smallest absolute Gasteiger partial charge is 0.246 e. The van der Waals surface area contributed by atoms with Gasteiger partial charge in [-0.05, 0) is 31.2 Å². The number of nitrogens with zero attached hydrogens (tertiary/aromatic N) is 3. The molecule has 1 amide bonds. The van der Waals surface area contributed by atoms with E-state index in [1.807, 2.05) is 37.1 Å². The SMILES string of the molecule is CNC(C(=O)Nc1cccc(CN2CCSCC2)c1C)c1cnn(C)c1.Cl.Cl. The van der Waals surface area contributed by atoms with E-state index >= 15 is 0 Å². The summed E-state index contributed by atoms with van der Waals surface area (Å²) in [4.78, 5) is 15.3. The Kier molecular flexibility index (Phi) is 10.3. The number of aryl methyl sites for hydroxylation is 1. The highest BCUT2D eigenvalue weighted by Gasteiger charge is 2.21. The zero-order valence-corrected chi connectivity index (χ0v) is 18.9. The van der Waals surface area contributed by atoms with Crippen molar-refractivity contribution in [1.82, 2.24) is 20.0 Å². The van der Waals surface area contributed by atoms with Gasteiger partial charge in [-0.3, -0.25) is 14.4 Å². The monoisotopic (exact) mass is 445 g/mol. The van der Waals surface area contributed by atoms with E-state index in [9.17, 15) is 4.79 Å². The second-order valence-electron chi connectivity index (χ2n) is 6.64. The highest BCUT2D eigenvalue weighted by atomic mass is 35.5. The zero-order chi connectivity index (χ0) is 18.5. The van der Waals surface area contributed by atoms with E-state index < -0.39 is 6.04 Å². The molecule has 1 saturated heterocycles. The summed E-state index contributed by atoms with van der Waals surface area (Å²) < 4.78 is 1.70. The summed E-state index contributed by atoms with van der Waals surface area (Å²) in [5.41, 5.74) is 4.15. The molecule has 0 aliphatic carbocycles. The van der Waals surface area contributed by atoms with E-state index in [4.69, 9.17) is 0 Å². The zero-order valence-electron chi connectivity index (χ0n) is 16.5. The fourth-order valence-corrected chi connectivity index (χ4v) is 4.21. The maximum Gasteiger partial charge on any atom is 0.246 e. The Bertz CT molecular complexity index is 765. The van der Waals surface area contributed by atoms with Crippen molar-refractivity contribution in [3.63, 3.8) is 0 Å². The summed E-state index contributed by atoms with van der Waals surface area (Å²) in [5.74, 6) is 2.32. The van der Waals surface area contributed by atoms with Crippen LogP contribution in [0.1, 0.15) is 22.7 Å². The van der Waals surface area contributed by atoms with Crippen molar-refractivity contribution in [3.05, 3.63) is 47.3 Å². The first kappa shape index (κ1) is 24.8. The van der Waals surface area contributed by atoms with Gasteiger partial charge in [0.1, 0.15) is 6.04 Å². The lowest BCUT2D eigenvalue weighted by Gasteiger charge is -2.27. The van der Waals surface area contributed by atoms with Gasteiger partial charge in [0.15, 0.2) is 0 Å². The summed E-state index contributed by atoms with van der Waals surface area (Å²) >= 11 is 2.02. The Morgan fingerprint density at radius 2 is 2.00 bits per heavy atom. The van der Waals surface area contributed by atoms with Crippen LogP contribution in [0.5, 0.6) is 0 Å². The van der Waals surface area contributed by atoms with Gasteiger partial charge in [0, 0.05) is 55.6 Å². The third-order valence-electron chi connectivity index (χ3n) is 4.81. The first-order chi connectivity index (χ1) is 12.6. The standard InChI is InChI=1S/C19H27N5OS.2ClH/c1-14-15(13-24-7-9-26-10-8-24)5-4-6-17(14)22-19(25)18(20-2)16-11-21-23(3)12-16;;/h4-6,11-12,18,20H,7-10,13H2,1-3H3,(H,22,25);2*1H. The number of aromatic nitrogens is 2. The van der Waals surface area contributed by atoms with Gasteiger partial charge in [0.2, 0.25) is 5.91 Å². The number of carbonyl (C=O) groups is 1. The van der Waals surface area contributed by atoms with E-state index in [2.05, 4.69) is 33.6 Å². The van der Waals surface area contributed by atoms with Crippen LogP contribution in [-0.2, 0) is 18.4 Å². The Morgan fingerprint density at radius 3 is 2.61 bits per heavy atom. The number of halogens is 2. The van der Waals surface area contributed by atoms with Gasteiger partial charge < -0.3 is 10.6 Å². The molecule has 0 spiro atoms. The molecule has 2 N–H and O–H groups in total. The van der Waals surface area contributed by atoms with E-state index in [0.29, 0.717) is 0 Å². The molecule has 1 aromatic heterocycles. The van der Waals surface area contributed by atoms with Gasteiger partial charge in [-0.1, -0.05) is 12.1 Å².